The number of morpholine rings is 1. The lowest BCUT2D eigenvalue weighted by Gasteiger charge is -2.34. The highest BCUT2D eigenvalue weighted by atomic mass is 19.4. The lowest BCUT2D eigenvalue weighted by atomic mass is 10.1. The number of halogens is 3. The Morgan fingerprint density at radius 3 is 2.89 bits per heavy atom. The molecule has 1 aromatic carbocycles. The fourth-order valence-corrected chi connectivity index (χ4v) is 3.03. The molecule has 3 rings (SSSR count). The van der Waals surface area contributed by atoms with Gasteiger partial charge in [-0.05, 0) is 38.1 Å². The summed E-state index contributed by atoms with van der Waals surface area (Å²) in [5.74, 6) is 0.202. The molecule has 0 amide bonds. The molecule has 0 unspecified atom stereocenters. The summed E-state index contributed by atoms with van der Waals surface area (Å²) in [4.78, 5) is 2.35. The first kappa shape index (κ1) is 19.7. The highest BCUT2D eigenvalue weighted by molar-refractivity contribution is 5.30. The molecular formula is C19H24F3N3O2. The van der Waals surface area contributed by atoms with Gasteiger partial charge in [-0.3, -0.25) is 10.00 Å². The molecule has 1 aliphatic rings. The van der Waals surface area contributed by atoms with Crippen LogP contribution in [0.5, 0.6) is 5.75 Å². The molecule has 1 aliphatic heterocycles. The van der Waals surface area contributed by atoms with E-state index in [2.05, 4.69) is 28.9 Å². The van der Waals surface area contributed by atoms with Crippen molar-refractivity contribution in [3.8, 4) is 5.75 Å². The number of alkyl halides is 3. The van der Waals surface area contributed by atoms with E-state index in [4.69, 9.17) is 9.47 Å². The molecule has 1 N–H and O–H groups in total. The van der Waals surface area contributed by atoms with Gasteiger partial charge in [-0.15, -0.1) is 0 Å². The average molecular weight is 383 g/mol. The maximum absolute atomic E-state index is 12.7. The van der Waals surface area contributed by atoms with Gasteiger partial charge in [-0.1, -0.05) is 6.07 Å². The first-order chi connectivity index (χ1) is 12.8. The first-order valence-corrected chi connectivity index (χ1v) is 9.03. The molecule has 2 aromatic rings. The van der Waals surface area contributed by atoms with Crippen molar-refractivity contribution in [1.29, 1.82) is 0 Å². The molecule has 0 aliphatic carbocycles. The van der Waals surface area contributed by atoms with Crippen LogP contribution in [0.2, 0.25) is 0 Å². The minimum absolute atomic E-state index is 0.0736. The van der Waals surface area contributed by atoms with Crippen LogP contribution in [0.1, 0.15) is 36.9 Å². The number of aromatic nitrogens is 2. The Morgan fingerprint density at radius 2 is 2.15 bits per heavy atom. The van der Waals surface area contributed by atoms with Crippen LogP contribution in [0, 0.1) is 0 Å². The number of rotatable bonds is 6. The van der Waals surface area contributed by atoms with Crippen molar-refractivity contribution in [2.75, 3.05) is 26.3 Å². The Labute approximate surface area is 156 Å². The third-order valence-corrected chi connectivity index (χ3v) is 4.61. The van der Waals surface area contributed by atoms with E-state index in [1.807, 2.05) is 6.07 Å². The van der Waals surface area contributed by atoms with Crippen molar-refractivity contribution in [1.82, 2.24) is 15.1 Å². The maximum Gasteiger partial charge on any atom is 0.416 e. The quantitative estimate of drug-likeness (QED) is 0.824. The predicted molar refractivity (Wildman–Crippen MR) is 94.6 cm³/mol. The summed E-state index contributed by atoms with van der Waals surface area (Å²) in [7, 11) is 0. The zero-order chi connectivity index (χ0) is 19.4. The van der Waals surface area contributed by atoms with Crippen molar-refractivity contribution in [2.24, 2.45) is 0 Å². The molecule has 1 aromatic heterocycles. The van der Waals surface area contributed by atoms with Crippen LogP contribution >= 0.6 is 0 Å². The smallest absolute Gasteiger partial charge is 0.416 e. The van der Waals surface area contributed by atoms with Crippen molar-refractivity contribution in [3.63, 3.8) is 0 Å². The Morgan fingerprint density at radius 1 is 1.33 bits per heavy atom. The average Bonchev–Trinajstić information content (AvgIpc) is 3.10. The summed E-state index contributed by atoms with van der Waals surface area (Å²) in [5.41, 5.74) is 0.990. The van der Waals surface area contributed by atoms with E-state index in [0.717, 1.165) is 36.6 Å². The van der Waals surface area contributed by atoms with Crippen LogP contribution in [0.3, 0.4) is 0 Å². The Hall–Kier alpha value is -2.06. The molecule has 2 heterocycles. The monoisotopic (exact) mass is 383 g/mol. The summed E-state index contributed by atoms with van der Waals surface area (Å²) in [6, 6.07) is 7.28. The number of benzene rings is 1. The number of aromatic amines is 1. The van der Waals surface area contributed by atoms with Gasteiger partial charge in [0.1, 0.15) is 11.9 Å². The van der Waals surface area contributed by atoms with Crippen molar-refractivity contribution in [2.45, 2.75) is 38.6 Å². The zero-order valence-electron chi connectivity index (χ0n) is 15.4. The van der Waals surface area contributed by atoms with E-state index in [-0.39, 0.29) is 18.5 Å². The fourth-order valence-electron chi connectivity index (χ4n) is 3.03. The third-order valence-electron chi connectivity index (χ3n) is 4.61. The SMILES string of the molecule is CC(C)N1CCO[C@@H](c2cc(CCOc3cccc(C(F)(F)F)c3)[nH]n2)C1. The molecule has 148 valence electrons. The molecule has 0 spiro atoms. The lowest BCUT2D eigenvalue weighted by molar-refractivity contribution is -0.137. The van der Waals surface area contributed by atoms with E-state index in [0.29, 0.717) is 19.1 Å². The van der Waals surface area contributed by atoms with Gasteiger partial charge in [0, 0.05) is 31.2 Å². The van der Waals surface area contributed by atoms with Crippen LogP contribution in [-0.4, -0.2) is 47.4 Å². The second kappa shape index (κ2) is 8.31. The van der Waals surface area contributed by atoms with E-state index in [1.54, 1.807) is 0 Å². The minimum atomic E-state index is -4.37. The zero-order valence-corrected chi connectivity index (χ0v) is 15.4. The van der Waals surface area contributed by atoms with Crippen LogP contribution < -0.4 is 4.74 Å². The van der Waals surface area contributed by atoms with E-state index >= 15 is 0 Å². The number of ether oxygens (including phenoxy) is 2. The second-order valence-electron chi connectivity index (χ2n) is 6.89. The van der Waals surface area contributed by atoms with E-state index in [1.165, 1.54) is 12.1 Å². The molecule has 1 atom stereocenters. The largest absolute Gasteiger partial charge is 0.493 e. The molecular weight excluding hydrogens is 359 g/mol. The highest BCUT2D eigenvalue weighted by Gasteiger charge is 2.30. The molecule has 0 bridgehead atoms. The lowest BCUT2D eigenvalue weighted by Crippen LogP contribution is -2.42. The normalized spacial score (nSPS) is 18.8. The molecule has 8 heteroatoms. The maximum atomic E-state index is 12.7. The molecule has 1 fully saturated rings. The molecule has 0 radical (unpaired) electrons. The molecule has 0 saturated carbocycles. The highest BCUT2D eigenvalue weighted by Crippen LogP contribution is 2.31. The fraction of sp³-hybridized carbons (Fsp3) is 0.526. The number of hydrogen-bond acceptors (Lipinski definition) is 4. The van der Waals surface area contributed by atoms with E-state index < -0.39 is 11.7 Å². The summed E-state index contributed by atoms with van der Waals surface area (Å²) in [6.45, 7) is 6.95. The second-order valence-corrected chi connectivity index (χ2v) is 6.89. The topological polar surface area (TPSA) is 50.4 Å². The van der Waals surface area contributed by atoms with Gasteiger partial charge in [-0.25, -0.2) is 0 Å². The summed E-state index contributed by atoms with van der Waals surface area (Å²) >= 11 is 0. The molecule has 1 saturated heterocycles. The van der Waals surface area contributed by atoms with E-state index in [9.17, 15) is 13.2 Å². The number of nitrogens with zero attached hydrogens (tertiary/aromatic N) is 2. The molecule has 27 heavy (non-hydrogen) atoms. The van der Waals surface area contributed by atoms with Gasteiger partial charge in [0.15, 0.2) is 0 Å². The van der Waals surface area contributed by atoms with Crippen molar-refractivity contribution in [3.05, 3.63) is 47.3 Å². The Kier molecular flexibility index (Phi) is 6.06. The third kappa shape index (κ3) is 5.23. The predicted octanol–water partition coefficient (Wildman–Crippen LogP) is 3.83. The number of hydrogen-bond donors (Lipinski definition) is 1. The number of nitrogens with one attached hydrogen (secondary N) is 1. The summed E-state index contributed by atoms with van der Waals surface area (Å²) in [5, 5.41) is 7.29. The Balaban J connectivity index is 1.53. The standard InChI is InChI=1S/C19H24F3N3O2/c1-13(2)25-7-9-27-18(12-25)17-11-15(23-24-17)6-8-26-16-5-3-4-14(10-16)19(20,21)22/h3-5,10-11,13,18H,6-9,12H2,1-2H3,(H,23,24)/t18-/m1/s1. The summed E-state index contributed by atoms with van der Waals surface area (Å²) < 4.78 is 49.5. The van der Waals surface area contributed by atoms with Crippen LogP contribution in [0.25, 0.3) is 0 Å². The van der Waals surface area contributed by atoms with Crippen molar-refractivity contribution < 1.29 is 22.6 Å². The van der Waals surface area contributed by atoms with Gasteiger partial charge < -0.3 is 9.47 Å². The Bertz CT molecular complexity index is 746. The molecule has 5 nitrogen and oxygen atoms in total. The summed E-state index contributed by atoms with van der Waals surface area (Å²) in [6.07, 6.45) is -3.93. The van der Waals surface area contributed by atoms with Gasteiger partial charge >= 0.3 is 6.18 Å². The minimum Gasteiger partial charge on any atom is -0.493 e. The van der Waals surface area contributed by atoms with Crippen LogP contribution in [0.15, 0.2) is 30.3 Å². The number of H-pyrrole nitrogens is 1. The van der Waals surface area contributed by atoms with Crippen LogP contribution in [0.4, 0.5) is 13.2 Å². The van der Waals surface area contributed by atoms with Crippen molar-refractivity contribution >= 4 is 0 Å². The van der Waals surface area contributed by atoms with Gasteiger partial charge in [0.2, 0.25) is 0 Å². The van der Waals surface area contributed by atoms with Gasteiger partial charge in [0.05, 0.1) is 24.5 Å². The van der Waals surface area contributed by atoms with Crippen LogP contribution in [-0.2, 0) is 17.3 Å². The first-order valence-electron chi connectivity index (χ1n) is 9.03. The van der Waals surface area contributed by atoms with Gasteiger partial charge in [-0.2, -0.15) is 18.3 Å². The van der Waals surface area contributed by atoms with Gasteiger partial charge in [0.25, 0.3) is 0 Å².